The van der Waals surface area contributed by atoms with Crippen molar-refractivity contribution in [3.05, 3.63) is 85.1 Å². The standard InChI is InChI=1S/C19H17ClN4O3/c1-11-4-9-15(12(2)10-11)21-17(25)16-18(26)23(3)19(27)24(22-16)14-7-5-13(20)6-8-14/h4-10H,1-3H3,(H,21,25). The lowest BCUT2D eigenvalue weighted by Crippen LogP contribution is -2.43. The number of carbonyl (C=O) groups excluding carboxylic acids is 1. The Bertz CT molecular complexity index is 1150. The fourth-order valence-electron chi connectivity index (χ4n) is 2.60. The number of amides is 1. The van der Waals surface area contributed by atoms with Crippen molar-refractivity contribution in [1.82, 2.24) is 14.3 Å². The van der Waals surface area contributed by atoms with E-state index in [9.17, 15) is 14.4 Å². The van der Waals surface area contributed by atoms with E-state index in [0.29, 0.717) is 16.4 Å². The highest BCUT2D eigenvalue weighted by Gasteiger charge is 2.19. The van der Waals surface area contributed by atoms with Crippen LogP contribution in [0.15, 0.2) is 52.1 Å². The molecule has 1 amide bonds. The van der Waals surface area contributed by atoms with Crippen LogP contribution in [0.4, 0.5) is 5.69 Å². The smallest absolute Gasteiger partial charge is 0.320 e. The van der Waals surface area contributed by atoms with Crippen molar-refractivity contribution < 1.29 is 4.79 Å². The molecule has 2 aromatic carbocycles. The third-order valence-electron chi connectivity index (χ3n) is 4.09. The van der Waals surface area contributed by atoms with Gasteiger partial charge < -0.3 is 5.32 Å². The molecule has 27 heavy (non-hydrogen) atoms. The third-order valence-corrected chi connectivity index (χ3v) is 4.34. The van der Waals surface area contributed by atoms with Gasteiger partial charge in [0.2, 0.25) is 5.69 Å². The van der Waals surface area contributed by atoms with E-state index in [1.54, 1.807) is 30.3 Å². The summed E-state index contributed by atoms with van der Waals surface area (Å²) in [6.07, 6.45) is 0. The molecule has 3 aromatic rings. The van der Waals surface area contributed by atoms with Gasteiger partial charge in [-0.15, -0.1) is 0 Å². The molecule has 0 radical (unpaired) electrons. The summed E-state index contributed by atoms with van der Waals surface area (Å²) < 4.78 is 1.84. The second-order valence-electron chi connectivity index (χ2n) is 6.16. The first-order valence-corrected chi connectivity index (χ1v) is 8.50. The molecule has 0 atom stereocenters. The van der Waals surface area contributed by atoms with Crippen LogP contribution in [-0.2, 0) is 7.05 Å². The van der Waals surface area contributed by atoms with Gasteiger partial charge in [-0.1, -0.05) is 29.3 Å². The Kier molecular flexibility index (Phi) is 4.96. The van der Waals surface area contributed by atoms with Gasteiger partial charge in [0.25, 0.3) is 11.5 Å². The molecule has 0 aliphatic carbocycles. The number of halogens is 1. The Balaban J connectivity index is 2.07. The summed E-state index contributed by atoms with van der Waals surface area (Å²) in [5.41, 5.74) is 1.05. The normalized spacial score (nSPS) is 10.7. The highest BCUT2D eigenvalue weighted by molar-refractivity contribution is 6.30. The van der Waals surface area contributed by atoms with Crippen molar-refractivity contribution >= 4 is 23.2 Å². The fourth-order valence-corrected chi connectivity index (χ4v) is 2.73. The van der Waals surface area contributed by atoms with E-state index in [4.69, 9.17) is 11.6 Å². The topological polar surface area (TPSA) is 86.0 Å². The van der Waals surface area contributed by atoms with Crippen LogP contribution in [-0.4, -0.2) is 20.3 Å². The Morgan fingerprint density at radius 2 is 1.74 bits per heavy atom. The molecule has 1 aromatic heterocycles. The summed E-state index contributed by atoms with van der Waals surface area (Å²) in [6.45, 7) is 3.79. The van der Waals surface area contributed by atoms with Crippen LogP contribution in [0.5, 0.6) is 0 Å². The SMILES string of the molecule is Cc1ccc(NC(=O)c2nn(-c3ccc(Cl)cc3)c(=O)n(C)c2=O)c(C)c1. The highest BCUT2D eigenvalue weighted by atomic mass is 35.5. The van der Waals surface area contributed by atoms with Crippen molar-refractivity contribution in [3.8, 4) is 5.69 Å². The van der Waals surface area contributed by atoms with Gasteiger partial charge in [-0.25, -0.2) is 4.79 Å². The Morgan fingerprint density at radius 3 is 2.37 bits per heavy atom. The minimum Gasteiger partial charge on any atom is -0.320 e. The first-order valence-electron chi connectivity index (χ1n) is 8.13. The average molecular weight is 385 g/mol. The van der Waals surface area contributed by atoms with Gasteiger partial charge in [-0.2, -0.15) is 9.78 Å². The number of nitrogens with zero attached hydrogens (tertiary/aromatic N) is 3. The lowest BCUT2D eigenvalue weighted by Gasteiger charge is -2.11. The van der Waals surface area contributed by atoms with E-state index in [0.717, 1.165) is 20.4 Å². The van der Waals surface area contributed by atoms with Crippen molar-refractivity contribution in [1.29, 1.82) is 0 Å². The lowest BCUT2D eigenvalue weighted by atomic mass is 10.1. The number of hydrogen-bond donors (Lipinski definition) is 1. The molecular formula is C19H17ClN4O3. The molecule has 0 spiro atoms. The van der Waals surface area contributed by atoms with E-state index >= 15 is 0 Å². The van der Waals surface area contributed by atoms with Crippen molar-refractivity contribution in [2.45, 2.75) is 13.8 Å². The molecule has 0 saturated carbocycles. The Hall–Kier alpha value is -3.19. The molecule has 0 aliphatic heterocycles. The zero-order valence-corrected chi connectivity index (χ0v) is 15.7. The molecule has 3 rings (SSSR count). The van der Waals surface area contributed by atoms with Crippen molar-refractivity contribution in [2.24, 2.45) is 7.05 Å². The summed E-state index contributed by atoms with van der Waals surface area (Å²) in [7, 11) is 1.30. The molecule has 8 heteroatoms. The van der Waals surface area contributed by atoms with Crippen LogP contribution in [0.25, 0.3) is 5.69 Å². The summed E-state index contributed by atoms with van der Waals surface area (Å²) in [5, 5.41) is 7.16. The van der Waals surface area contributed by atoms with Gasteiger partial charge in [0.05, 0.1) is 5.69 Å². The number of aryl methyl sites for hydroxylation is 2. The molecule has 0 saturated heterocycles. The number of carbonyl (C=O) groups is 1. The maximum atomic E-state index is 12.6. The average Bonchev–Trinajstić information content (AvgIpc) is 2.63. The molecule has 1 N–H and O–H groups in total. The molecule has 0 fully saturated rings. The van der Waals surface area contributed by atoms with Crippen LogP contribution < -0.4 is 16.6 Å². The zero-order chi connectivity index (χ0) is 19.7. The zero-order valence-electron chi connectivity index (χ0n) is 15.0. The number of rotatable bonds is 3. The maximum absolute atomic E-state index is 12.6. The van der Waals surface area contributed by atoms with Crippen LogP contribution in [0.3, 0.4) is 0 Å². The monoisotopic (exact) mass is 384 g/mol. The minimum absolute atomic E-state index is 0.382. The van der Waals surface area contributed by atoms with Gasteiger partial charge >= 0.3 is 5.69 Å². The molecule has 0 aliphatic rings. The van der Waals surface area contributed by atoms with Crippen LogP contribution in [0, 0.1) is 13.8 Å². The van der Waals surface area contributed by atoms with E-state index < -0.39 is 17.2 Å². The summed E-state index contributed by atoms with van der Waals surface area (Å²) in [4.78, 5) is 37.5. The first kappa shape index (κ1) is 18.6. The lowest BCUT2D eigenvalue weighted by molar-refractivity contribution is 0.101. The highest BCUT2D eigenvalue weighted by Crippen LogP contribution is 2.16. The fraction of sp³-hybridized carbons (Fsp3) is 0.158. The second kappa shape index (κ2) is 7.20. The maximum Gasteiger partial charge on any atom is 0.351 e. The van der Waals surface area contributed by atoms with Gasteiger partial charge in [0.1, 0.15) is 0 Å². The Labute approximate surface area is 159 Å². The molecule has 1 heterocycles. The van der Waals surface area contributed by atoms with Crippen LogP contribution >= 0.6 is 11.6 Å². The quantitative estimate of drug-likeness (QED) is 0.751. The number of anilines is 1. The van der Waals surface area contributed by atoms with E-state index in [2.05, 4.69) is 10.4 Å². The molecule has 0 unspecified atom stereocenters. The van der Waals surface area contributed by atoms with Gasteiger partial charge in [-0.3, -0.25) is 14.2 Å². The molecular weight excluding hydrogens is 368 g/mol. The summed E-state index contributed by atoms with van der Waals surface area (Å²) in [5.74, 6) is -0.690. The third kappa shape index (κ3) is 3.68. The molecule has 138 valence electrons. The number of nitrogens with one attached hydrogen (secondary N) is 1. The van der Waals surface area contributed by atoms with Gasteiger partial charge in [0, 0.05) is 17.8 Å². The van der Waals surface area contributed by atoms with Gasteiger partial charge in [-0.05, 0) is 49.7 Å². The van der Waals surface area contributed by atoms with E-state index in [-0.39, 0.29) is 5.69 Å². The molecule has 0 bridgehead atoms. The number of hydrogen-bond acceptors (Lipinski definition) is 4. The minimum atomic E-state index is -0.771. The summed E-state index contributed by atoms with van der Waals surface area (Å²) >= 11 is 5.87. The number of benzene rings is 2. The van der Waals surface area contributed by atoms with Crippen LogP contribution in [0.1, 0.15) is 21.6 Å². The van der Waals surface area contributed by atoms with E-state index in [1.807, 2.05) is 26.0 Å². The first-order chi connectivity index (χ1) is 12.8. The second-order valence-corrected chi connectivity index (χ2v) is 6.59. The van der Waals surface area contributed by atoms with Crippen molar-refractivity contribution in [2.75, 3.05) is 5.32 Å². The van der Waals surface area contributed by atoms with Crippen LogP contribution in [0.2, 0.25) is 5.02 Å². The largest absolute Gasteiger partial charge is 0.351 e. The van der Waals surface area contributed by atoms with Gasteiger partial charge in [0.15, 0.2) is 0 Å². The molecule has 7 nitrogen and oxygen atoms in total. The predicted molar refractivity (Wildman–Crippen MR) is 104 cm³/mol. The number of aromatic nitrogens is 3. The van der Waals surface area contributed by atoms with Crippen molar-refractivity contribution in [3.63, 3.8) is 0 Å². The summed E-state index contributed by atoms with van der Waals surface area (Å²) in [6, 6.07) is 11.8. The Morgan fingerprint density at radius 1 is 1.07 bits per heavy atom. The predicted octanol–water partition coefficient (Wildman–Crippen LogP) is 2.45. The van der Waals surface area contributed by atoms with E-state index in [1.165, 1.54) is 7.05 Å².